The summed E-state index contributed by atoms with van der Waals surface area (Å²) < 4.78 is 5.49. The Bertz CT molecular complexity index is 548. The third kappa shape index (κ3) is 12.4. The lowest BCUT2D eigenvalue weighted by Gasteiger charge is -2.08. The minimum absolute atomic E-state index is 0.195. The van der Waals surface area contributed by atoms with E-state index in [2.05, 4.69) is 6.92 Å². The average molecular weight is 408 g/mol. The van der Waals surface area contributed by atoms with Gasteiger partial charge in [0.1, 0.15) is 0 Å². The highest BCUT2D eigenvalue weighted by Crippen LogP contribution is 2.35. The Labute approximate surface area is 177 Å². The number of benzene rings is 1. The lowest BCUT2D eigenvalue weighted by molar-refractivity contribution is -0.386. The second-order valence-electron chi connectivity index (χ2n) is 8.03. The van der Waals surface area contributed by atoms with E-state index in [9.17, 15) is 15.2 Å². The van der Waals surface area contributed by atoms with E-state index in [1.807, 2.05) is 0 Å². The first-order valence-corrected chi connectivity index (χ1v) is 11.8. The van der Waals surface area contributed by atoms with Gasteiger partial charge in [0.2, 0.25) is 5.75 Å². The molecule has 0 aromatic heterocycles. The summed E-state index contributed by atoms with van der Waals surface area (Å²) in [6.07, 6.45) is 21.1. The van der Waals surface area contributed by atoms with E-state index in [0.717, 1.165) is 12.8 Å². The molecule has 0 aliphatic rings. The molecule has 29 heavy (non-hydrogen) atoms. The monoisotopic (exact) mass is 407 g/mol. The number of phenolic OH excluding ortho intramolecular Hbond substituents is 1. The van der Waals surface area contributed by atoms with Crippen LogP contribution >= 0.6 is 0 Å². The van der Waals surface area contributed by atoms with Gasteiger partial charge in [0.25, 0.3) is 0 Å². The van der Waals surface area contributed by atoms with Crippen molar-refractivity contribution < 1.29 is 14.8 Å². The van der Waals surface area contributed by atoms with Crippen molar-refractivity contribution in [1.82, 2.24) is 0 Å². The number of hydrogen-bond donors (Lipinski definition) is 1. The minimum atomic E-state index is -0.600. The maximum atomic E-state index is 10.8. The van der Waals surface area contributed by atoms with Crippen molar-refractivity contribution in [3.05, 3.63) is 28.3 Å². The van der Waals surface area contributed by atoms with E-state index >= 15 is 0 Å². The Morgan fingerprint density at radius 2 is 1.24 bits per heavy atom. The molecule has 1 rings (SSSR count). The van der Waals surface area contributed by atoms with Crippen molar-refractivity contribution >= 4 is 5.69 Å². The number of ether oxygens (including phenoxy) is 1. The van der Waals surface area contributed by atoms with Crippen LogP contribution in [-0.4, -0.2) is 16.6 Å². The van der Waals surface area contributed by atoms with E-state index in [4.69, 9.17) is 4.74 Å². The predicted octanol–water partition coefficient (Wildman–Crippen LogP) is 7.94. The van der Waals surface area contributed by atoms with Crippen LogP contribution in [0.15, 0.2) is 18.2 Å². The largest absolute Gasteiger partial charge is 0.500 e. The highest BCUT2D eigenvalue weighted by molar-refractivity contribution is 5.54. The lowest BCUT2D eigenvalue weighted by Crippen LogP contribution is -1.99. The summed E-state index contributed by atoms with van der Waals surface area (Å²) in [5.41, 5.74) is -0.311. The van der Waals surface area contributed by atoms with Crippen LogP contribution in [-0.2, 0) is 0 Å². The molecule has 0 amide bonds. The molecule has 1 aromatic rings. The molecular formula is C24H41NO4. The van der Waals surface area contributed by atoms with Gasteiger partial charge in [-0.3, -0.25) is 10.1 Å². The molecule has 0 unspecified atom stereocenters. The van der Waals surface area contributed by atoms with Gasteiger partial charge in [-0.05, 0) is 12.5 Å². The van der Waals surface area contributed by atoms with Crippen molar-refractivity contribution in [3.63, 3.8) is 0 Å². The SMILES string of the molecule is CCCCCCCCCCCCCCCCCCOc1cccc([N+](=O)[O-])c1O. The van der Waals surface area contributed by atoms with Gasteiger partial charge in [-0.15, -0.1) is 0 Å². The number of nitrogens with zero attached hydrogens (tertiary/aromatic N) is 1. The van der Waals surface area contributed by atoms with Crippen LogP contribution in [0, 0.1) is 10.1 Å². The molecule has 0 saturated heterocycles. The van der Waals surface area contributed by atoms with Crippen LogP contribution in [0.25, 0.3) is 0 Å². The molecule has 0 radical (unpaired) electrons. The third-order valence-electron chi connectivity index (χ3n) is 5.43. The number of phenols is 1. The molecule has 5 nitrogen and oxygen atoms in total. The Balaban J connectivity index is 1.87. The summed E-state index contributed by atoms with van der Waals surface area (Å²) in [6.45, 7) is 2.75. The summed E-state index contributed by atoms with van der Waals surface area (Å²) in [7, 11) is 0. The maximum Gasteiger partial charge on any atom is 0.314 e. The number of nitro groups is 1. The van der Waals surface area contributed by atoms with Crippen molar-refractivity contribution in [3.8, 4) is 11.5 Å². The lowest BCUT2D eigenvalue weighted by atomic mass is 10.0. The first kappa shape index (κ1) is 25.3. The molecular weight excluding hydrogens is 366 g/mol. The van der Waals surface area contributed by atoms with Gasteiger partial charge in [0.05, 0.1) is 11.5 Å². The zero-order chi connectivity index (χ0) is 21.2. The van der Waals surface area contributed by atoms with Gasteiger partial charge in [0.15, 0.2) is 5.75 Å². The Kier molecular flexibility index (Phi) is 14.9. The second kappa shape index (κ2) is 17.1. The van der Waals surface area contributed by atoms with E-state index < -0.39 is 4.92 Å². The molecule has 0 fully saturated rings. The quantitative estimate of drug-likeness (QED) is 0.143. The molecule has 166 valence electrons. The van der Waals surface area contributed by atoms with Gasteiger partial charge in [-0.1, -0.05) is 109 Å². The summed E-state index contributed by atoms with van der Waals surface area (Å²) in [6, 6.07) is 4.37. The maximum absolute atomic E-state index is 10.8. The fourth-order valence-corrected chi connectivity index (χ4v) is 3.61. The van der Waals surface area contributed by atoms with Crippen LogP contribution < -0.4 is 4.74 Å². The van der Waals surface area contributed by atoms with E-state index in [0.29, 0.717) is 6.61 Å². The van der Waals surface area contributed by atoms with E-state index in [-0.39, 0.29) is 17.2 Å². The highest BCUT2D eigenvalue weighted by Gasteiger charge is 2.17. The van der Waals surface area contributed by atoms with Crippen molar-refractivity contribution in [2.24, 2.45) is 0 Å². The van der Waals surface area contributed by atoms with E-state index in [1.165, 1.54) is 102 Å². The van der Waals surface area contributed by atoms with Crippen LogP contribution in [0.5, 0.6) is 11.5 Å². The van der Waals surface area contributed by atoms with Crippen molar-refractivity contribution in [2.45, 2.75) is 110 Å². The topological polar surface area (TPSA) is 72.6 Å². The normalized spacial score (nSPS) is 10.9. The highest BCUT2D eigenvalue weighted by atomic mass is 16.6. The standard InChI is InChI=1S/C24H41NO4/c1-2-3-4-5-6-7-8-9-10-11-12-13-14-15-16-17-21-29-23-20-18-19-22(24(23)26)25(27)28/h18-20,26H,2-17,21H2,1H3. The fraction of sp³-hybridized carbons (Fsp3) is 0.750. The smallest absolute Gasteiger partial charge is 0.314 e. The van der Waals surface area contributed by atoms with Crippen LogP contribution in [0.3, 0.4) is 0 Å². The number of nitro benzene ring substituents is 1. The van der Waals surface area contributed by atoms with Gasteiger partial charge in [-0.25, -0.2) is 0 Å². The zero-order valence-corrected chi connectivity index (χ0v) is 18.4. The molecule has 0 saturated carbocycles. The Hall–Kier alpha value is -1.78. The molecule has 0 atom stereocenters. The van der Waals surface area contributed by atoms with Gasteiger partial charge < -0.3 is 9.84 Å². The summed E-state index contributed by atoms with van der Waals surface area (Å²) in [4.78, 5) is 10.2. The summed E-state index contributed by atoms with van der Waals surface area (Å²) in [5.74, 6) is -0.186. The number of hydrogen-bond acceptors (Lipinski definition) is 4. The Morgan fingerprint density at radius 1 is 0.793 bits per heavy atom. The molecule has 5 heteroatoms. The molecule has 0 heterocycles. The Morgan fingerprint density at radius 3 is 1.69 bits per heavy atom. The molecule has 0 aliphatic heterocycles. The van der Waals surface area contributed by atoms with Gasteiger partial charge >= 0.3 is 5.69 Å². The number of aromatic hydroxyl groups is 1. The van der Waals surface area contributed by atoms with Crippen LogP contribution in [0.1, 0.15) is 110 Å². The number of para-hydroxylation sites is 1. The van der Waals surface area contributed by atoms with Gasteiger partial charge in [0, 0.05) is 6.07 Å². The average Bonchev–Trinajstić information content (AvgIpc) is 2.71. The number of rotatable bonds is 19. The minimum Gasteiger partial charge on any atom is -0.500 e. The third-order valence-corrected chi connectivity index (χ3v) is 5.43. The number of unbranched alkanes of at least 4 members (excludes halogenated alkanes) is 15. The zero-order valence-electron chi connectivity index (χ0n) is 18.4. The van der Waals surface area contributed by atoms with Crippen LogP contribution in [0.4, 0.5) is 5.69 Å². The first-order valence-electron chi connectivity index (χ1n) is 11.8. The van der Waals surface area contributed by atoms with Crippen molar-refractivity contribution in [1.29, 1.82) is 0 Å². The molecule has 1 aromatic carbocycles. The molecule has 0 bridgehead atoms. The van der Waals surface area contributed by atoms with Gasteiger partial charge in [-0.2, -0.15) is 0 Å². The second-order valence-corrected chi connectivity index (χ2v) is 8.03. The van der Waals surface area contributed by atoms with Crippen LogP contribution in [0.2, 0.25) is 0 Å². The molecule has 0 aliphatic carbocycles. The molecule has 0 spiro atoms. The summed E-state index contributed by atoms with van der Waals surface area (Å²) in [5, 5.41) is 20.6. The fourth-order valence-electron chi connectivity index (χ4n) is 3.61. The summed E-state index contributed by atoms with van der Waals surface area (Å²) >= 11 is 0. The predicted molar refractivity (Wildman–Crippen MR) is 120 cm³/mol. The van der Waals surface area contributed by atoms with Crippen molar-refractivity contribution in [2.75, 3.05) is 6.61 Å². The molecule has 1 N–H and O–H groups in total. The first-order chi connectivity index (χ1) is 14.2. The van der Waals surface area contributed by atoms with E-state index in [1.54, 1.807) is 6.07 Å².